The van der Waals surface area contributed by atoms with Crippen LogP contribution >= 0.6 is 11.3 Å². The Balaban J connectivity index is 2.12. The molecule has 0 unspecified atom stereocenters. The van der Waals surface area contributed by atoms with Crippen molar-refractivity contribution in [2.75, 3.05) is 14.2 Å². The molecule has 5 nitrogen and oxygen atoms in total. The zero-order chi connectivity index (χ0) is 16.1. The van der Waals surface area contributed by atoms with Gasteiger partial charge in [0.2, 0.25) is 0 Å². The summed E-state index contributed by atoms with van der Waals surface area (Å²) in [6.45, 7) is 3.89. The second-order valence-electron chi connectivity index (χ2n) is 4.62. The van der Waals surface area contributed by atoms with Crippen LogP contribution in [0, 0.1) is 6.92 Å². The highest BCUT2D eigenvalue weighted by Gasteiger charge is 2.10. The van der Waals surface area contributed by atoms with Crippen molar-refractivity contribution in [2.24, 2.45) is 5.10 Å². The van der Waals surface area contributed by atoms with Crippen LogP contribution < -0.4 is 14.9 Å². The predicted octanol–water partition coefficient (Wildman–Crippen LogP) is 3.23. The number of benzene rings is 1. The number of amides is 1. The van der Waals surface area contributed by atoms with Gasteiger partial charge in [0.25, 0.3) is 5.91 Å². The molecular weight excluding hydrogens is 300 g/mol. The monoisotopic (exact) mass is 318 g/mol. The third-order valence-corrected chi connectivity index (χ3v) is 4.18. The molecular formula is C16H18N2O3S. The zero-order valence-corrected chi connectivity index (χ0v) is 13.8. The predicted molar refractivity (Wildman–Crippen MR) is 88.3 cm³/mol. The Kier molecular flexibility index (Phi) is 5.16. The number of nitrogens with zero attached hydrogens (tertiary/aromatic N) is 1. The molecule has 0 spiro atoms. The molecule has 6 heteroatoms. The lowest BCUT2D eigenvalue weighted by molar-refractivity contribution is 0.0954. The lowest BCUT2D eigenvalue weighted by Crippen LogP contribution is -2.19. The van der Waals surface area contributed by atoms with Gasteiger partial charge in [0.15, 0.2) is 11.5 Å². The quantitative estimate of drug-likeness (QED) is 0.680. The molecule has 0 bridgehead atoms. The average molecular weight is 318 g/mol. The van der Waals surface area contributed by atoms with E-state index in [0.29, 0.717) is 17.1 Å². The van der Waals surface area contributed by atoms with Crippen LogP contribution in [0.15, 0.2) is 35.4 Å². The third-order valence-electron chi connectivity index (χ3n) is 3.07. The summed E-state index contributed by atoms with van der Waals surface area (Å²) < 4.78 is 10.3. The Bertz CT molecular complexity index is 707. The first kappa shape index (κ1) is 16.0. The number of hydrogen-bond donors (Lipinski definition) is 1. The van der Waals surface area contributed by atoms with Gasteiger partial charge < -0.3 is 9.47 Å². The topological polar surface area (TPSA) is 59.9 Å². The first-order valence-corrected chi connectivity index (χ1v) is 7.50. The maximum absolute atomic E-state index is 12.1. The summed E-state index contributed by atoms with van der Waals surface area (Å²) in [5.74, 6) is 0.783. The molecule has 0 atom stereocenters. The second-order valence-corrected chi connectivity index (χ2v) is 5.91. The number of hydrazone groups is 1. The highest BCUT2D eigenvalue weighted by atomic mass is 32.1. The number of thiophene rings is 1. The molecule has 1 aromatic carbocycles. The molecule has 22 heavy (non-hydrogen) atoms. The number of methoxy groups -OCH3 is 2. The van der Waals surface area contributed by atoms with Crippen LogP contribution in [0.25, 0.3) is 0 Å². The summed E-state index contributed by atoms with van der Waals surface area (Å²) >= 11 is 1.64. The fourth-order valence-electron chi connectivity index (χ4n) is 1.86. The van der Waals surface area contributed by atoms with Crippen molar-refractivity contribution in [3.05, 3.63) is 45.6 Å². The van der Waals surface area contributed by atoms with Crippen LogP contribution in [0.1, 0.15) is 27.0 Å². The van der Waals surface area contributed by atoms with Crippen molar-refractivity contribution in [3.63, 3.8) is 0 Å². The molecule has 116 valence electrons. The number of aryl methyl sites for hydroxylation is 1. The largest absolute Gasteiger partial charge is 0.493 e. The minimum Gasteiger partial charge on any atom is -0.493 e. The van der Waals surface area contributed by atoms with E-state index in [9.17, 15) is 4.79 Å². The summed E-state index contributed by atoms with van der Waals surface area (Å²) in [7, 11) is 3.08. The number of nitrogens with one attached hydrogen (secondary N) is 1. The molecule has 0 saturated heterocycles. The van der Waals surface area contributed by atoms with Gasteiger partial charge in [0, 0.05) is 10.4 Å². The second kappa shape index (κ2) is 7.09. The maximum atomic E-state index is 12.1. The molecule has 0 radical (unpaired) electrons. The summed E-state index contributed by atoms with van der Waals surface area (Å²) in [5.41, 5.74) is 3.78. The van der Waals surface area contributed by atoms with Crippen LogP contribution in [0.2, 0.25) is 0 Å². The Morgan fingerprint density at radius 3 is 2.45 bits per heavy atom. The molecule has 1 heterocycles. The summed E-state index contributed by atoms with van der Waals surface area (Å²) in [5, 5.41) is 4.14. The van der Waals surface area contributed by atoms with Gasteiger partial charge in [-0.1, -0.05) is 0 Å². The minimum atomic E-state index is -0.298. The van der Waals surface area contributed by atoms with Crippen molar-refractivity contribution in [2.45, 2.75) is 13.8 Å². The van der Waals surface area contributed by atoms with Crippen molar-refractivity contribution >= 4 is 23.0 Å². The van der Waals surface area contributed by atoms with Gasteiger partial charge >= 0.3 is 0 Å². The van der Waals surface area contributed by atoms with E-state index in [1.54, 1.807) is 36.6 Å². The van der Waals surface area contributed by atoms with Crippen LogP contribution in [0.5, 0.6) is 11.5 Å². The fourth-order valence-corrected chi connectivity index (χ4v) is 2.67. The van der Waals surface area contributed by atoms with Crippen molar-refractivity contribution in [1.29, 1.82) is 0 Å². The number of hydrogen-bond acceptors (Lipinski definition) is 5. The van der Waals surface area contributed by atoms with Gasteiger partial charge in [-0.05, 0) is 44.2 Å². The van der Waals surface area contributed by atoms with E-state index in [1.807, 2.05) is 26.0 Å². The Morgan fingerprint density at radius 2 is 1.86 bits per heavy atom. The lowest BCUT2D eigenvalue weighted by Gasteiger charge is -2.08. The minimum absolute atomic E-state index is 0.298. The number of carbonyl (C=O) groups is 1. The van der Waals surface area contributed by atoms with Gasteiger partial charge in [-0.15, -0.1) is 11.3 Å². The molecule has 1 amide bonds. The van der Waals surface area contributed by atoms with E-state index in [4.69, 9.17) is 9.47 Å². The normalized spacial score (nSPS) is 11.2. The lowest BCUT2D eigenvalue weighted by atomic mass is 10.2. The van der Waals surface area contributed by atoms with Gasteiger partial charge in [-0.3, -0.25) is 4.79 Å². The molecule has 0 aliphatic rings. The highest BCUT2D eigenvalue weighted by Crippen LogP contribution is 2.27. The zero-order valence-electron chi connectivity index (χ0n) is 13.0. The molecule has 0 aliphatic heterocycles. The van der Waals surface area contributed by atoms with Gasteiger partial charge in [0.05, 0.1) is 24.8 Å². The molecule has 1 aromatic heterocycles. The summed E-state index contributed by atoms with van der Waals surface area (Å²) in [4.78, 5) is 14.4. The van der Waals surface area contributed by atoms with E-state index in [1.165, 1.54) is 12.0 Å². The van der Waals surface area contributed by atoms with E-state index in [0.717, 1.165) is 10.6 Å². The van der Waals surface area contributed by atoms with E-state index in [-0.39, 0.29) is 5.91 Å². The Labute approximate surface area is 133 Å². The van der Waals surface area contributed by atoms with Gasteiger partial charge in [-0.25, -0.2) is 5.43 Å². The van der Waals surface area contributed by atoms with Gasteiger partial charge in [0.1, 0.15) is 0 Å². The number of rotatable bonds is 5. The molecule has 2 rings (SSSR count). The van der Waals surface area contributed by atoms with E-state index < -0.39 is 0 Å². The molecule has 0 saturated carbocycles. The maximum Gasteiger partial charge on any atom is 0.271 e. The molecule has 0 aliphatic carbocycles. The van der Waals surface area contributed by atoms with Crippen molar-refractivity contribution in [1.82, 2.24) is 5.43 Å². The smallest absolute Gasteiger partial charge is 0.271 e. The number of carbonyl (C=O) groups excluding carboxylic acids is 1. The molecule has 0 fully saturated rings. The Morgan fingerprint density at radius 1 is 1.14 bits per heavy atom. The molecule has 1 N–H and O–H groups in total. The standard InChI is InChI=1S/C16H18N2O3S/c1-10-5-8-15(22-10)11(2)17-18-16(19)12-6-7-13(20-3)14(9-12)21-4/h5-9H,1-4H3,(H,18,19)/b17-11+. The van der Waals surface area contributed by atoms with Crippen LogP contribution in [0.3, 0.4) is 0 Å². The van der Waals surface area contributed by atoms with Crippen LogP contribution in [-0.4, -0.2) is 25.8 Å². The number of ether oxygens (including phenoxy) is 2. The van der Waals surface area contributed by atoms with Crippen LogP contribution in [0.4, 0.5) is 0 Å². The Hall–Kier alpha value is -2.34. The van der Waals surface area contributed by atoms with E-state index >= 15 is 0 Å². The average Bonchev–Trinajstić information content (AvgIpc) is 2.98. The fraction of sp³-hybridized carbons (Fsp3) is 0.250. The molecule has 2 aromatic rings. The summed E-state index contributed by atoms with van der Waals surface area (Å²) in [6.07, 6.45) is 0. The van der Waals surface area contributed by atoms with Crippen molar-refractivity contribution in [3.8, 4) is 11.5 Å². The third kappa shape index (κ3) is 3.65. The van der Waals surface area contributed by atoms with Crippen molar-refractivity contribution < 1.29 is 14.3 Å². The first-order valence-electron chi connectivity index (χ1n) is 6.68. The highest BCUT2D eigenvalue weighted by molar-refractivity contribution is 7.14. The van der Waals surface area contributed by atoms with Crippen LogP contribution in [-0.2, 0) is 0 Å². The van der Waals surface area contributed by atoms with Gasteiger partial charge in [-0.2, -0.15) is 5.10 Å². The van der Waals surface area contributed by atoms with E-state index in [2.05, 4.69) is 10.5 Å². The first-order chi connectivity index (χ1) is 10.5. The summed E-state index contributed by atoms with van der Waals surface area (Å²) in [6, 6.07) is 8.98. The SMILES string of the molecule is COc1ccc(C(=O)N/N=C(\C)c2ccc(C)s2)cc1OC.